The van der Waals surface area contributed by atoms with Crippen molar-refractivity contribution < 1.29 is 33.0 Å². The molecule has 0 unspecified atom stereocenters. The highest BCUT2D eigenvalue weighted by Gasteiger charge is 2.47. The minimum Gasteiger partial charge on any atom is -0.463 e. The number of hydrogen-bond donors (Lipinski definition) is 0. The van der Waals surface area contributed by atoms with Gasteiger partial charge in [-0.2, -0.15) is 0 Å². The van der Waals surface area contributed by atoms with Gasteiger partial charge < -0.3 is 18.6 Å². The molecule has 4 rings (SSSR count). The maximum Gasteiger partial charge on any atom is 0.376 e. The molecule has 0 bridgehead atoms. The van der Waals surface area contributed by atoms with Gasteiger partial charge in [0.15, 0.2) is 5.89 Å². The number of ether oxygens (including phenoxy) is 3. The molecule has 158 valence electrons. The van der Waals surface area contributed by atoms with Gasteiger partial charge >= 0.3 is 17.9 Å². The third-order valence-electron chi connectivity index (χ3n) is 4.92. The Labute approximate surface area is 173 Å². The summed E-state index contributed by atoms with van der Waals surface area (Å²) in [5.41, 5.74) is 2.24. The van der Waals surface area contributed by atoms with E-state index in [2.05, 4.69) is 16.3 Å². The fraction of sp³-hybridized carbons (Fsp3) is 0.364. The van der Waals surface area contributed by atoms with E-state index in [-0.39, 0.29) is 11.3 Å². The van der Waals surface area contributed by atoms with E-state index >= 15 is 0 Å². The molecule has 1 aliphatic carbocycles. The summed E-state index contributed by atoms with van der Waals surface area (Å²) in [5, 5.41) is 0. The third kappa shape index (κ3) is 4.27. The van der Waals surface area contributed by atoms with Crippen LogP contribution >= 0.6 is 0 Å². The van der Waals surface area contributed by atoms with Crippen LogP contribution in [0.4, 0.5) is 0 Å². The first kappa shape index (κ1) is 21.3. The second-order valence-corrected chi connectivity index (χ2v) is 7.09. The van der Waals surface area contributed by atoms with Crippen LogP contribution in [-0.2, 0) is 23.8 Å². The molecule has 8 heteroatoms. The van der Waals surface area contributed by atoms with Crippen molar-refractivity contribution >= 4 is 17.9 Å². The van der Waals surface area contributed by atoms with Crippen LogP contribution in [0.1, 0.15) is 47.7 Å². The van der Waals surface area contributed by atoms with Crippen LogP contribution in [0.25, 0.3) is 11.3 Å². The summed E-state index contributed by atoms with van der Waals surface area (Å²) in [6.45, 7) is 6.94. The molecule has 0 N–H and O–H groups in total. The highest BCUT2D eigenvalue weighted by atomic mass is 16.7. The molecule has 1 aliphatic heterocycles. The second-order valence-electron chi connectivity index (χ2n) is 7.09. The van der Waals surface area contributed by atoms with Crippen LogP contribution in [0, 0.1) is 13.8 Å². The van der Waals surface area contributed by atoms with Gasteiger partial charge in [-0.15, -0.1) is 0 Å². The van der Waals surface area contributed by atoms with Gasteiger partial charge in [0.1, 0.15) is 11.3 Å². The van der Waals surface area contributed by atoms with E-state index < -0.39 is 23.7 Å². The normalized spacial score (nSPS) is 17.1. The third-order valence-corrected chi connectivity index (χ3v) is 4.92. The zero-order valence-corrected chi connectivity index (χ0v) is 17.1. The van der Waals surface area contributed by atoms with Crippen molar-refractivity contribution in [1.82, 2.24) is 4.98 Å². The Morgan fingerprint density at radius 1 is 1.10 bits per heavy atom. The van der Waals surface area contributed by atoms with Crippen LogP contribution in [-0.4, -0.2) is 35.8 Å². The van der Waals surface area contributed by atoms with Gasteiger partial charge in [-0.25, -0.2) is 19.4 Å². The maximum atomic E-state index is 11.6. The summed E-state index contributed by atoms with van der Waals surface area (Å²) in [6.07, 6.45) is 3.07. The summed E-state index contributed by atoms with van der Waals surface area (Å²) in [4.78, 5) is 38.1. The number of aryl methyl sites for hydroxylation is 2. The molecule has 0 amide bonds. The lowest BCUT2D eigenvalue weighted by molar-refractivity contribution is -0.232. The number of oxazole rings is 1. The van der Waals surface area contributed by atoms with Crippen molar-refractivity contribution in [2.75, 3.05) is 7.11 Å². The zero-order chi connectivity index (χ0) is 21.9. The molecule has 2 aliphatic rings. The van der Waals surface area contributed by atoms with Gasteiger partial charge in [-0.3, -0.25) is 0 Å². The summed E-state index contributed by atoms with van der Waals surface area (Å²) >= 11 is 0. The van der Waals surface area contributed by atoms with Gasteiger partial charge in [0.05, 0.1) is 7.11 Å². The van der Waals surface area contributed by atoms with Crippen molar-refractivity contribution in [3.05, 3.63) is 53.6 Å². The first-order valence-corrected chi connectivity index (χ1v) is 9.53. The van der Waals surface area contributed by atoms with Crippen molar-refractivity contribution in [3.8, 4) is 11.3 Å². The Morgan fingerprint density at radius 2 is 1.70 bits per heavy atom. The molecule has 1 spiro atoms. The molecule has 2 fully saturated rings. The molecular weight excluding hydrogens is 390 g/mol. The second kappa shape index (κ2) is 8.52. The van der Waals surface area contributed by atoms with E-state index in [0.29, 0.717) is 24.4 Å². The van der Waals surface area contributed by atoms with E-state index in [4.69, 9.17) is 13.9 Å². The van der Waals surface area contributed by atoms with Crippen LogP contribution in [0.15, 0.2) is 40.8 Å². The van der Waals surface area contributed by atoms with Crippen molar-refractivity contribution in [1.29, 1.82) is 0 Å². The largest absolute Gasteiger partial charge is 0.463 e. The van der Waals surface area contributed by atoms with Crippen molar-refractivity contribution in [3.63, 3.8) is 0 Å². The molecule has 8 nitrogen and oxygen atoms in total. The highest BCUT2D eigenvalue weighted by Crippen LogP contribution is 2.38. The molecule has 1 aromatic heterocycles. The highest BCUT2D eigenvalue weighted by molar-refractivity contribution is 6.14. The molecule has 1 saturated carbocycles. The molecule has 30 heavy (non-hydrogen) atoms. The lowest BCUT2D eigenvalue weighted by Gasteiger charge is -2.32. The van der Waals surface area contributed by atoms with E-state index in [1.807, 2.05) is 31.2 Å². The Morgan fingerprint density at radius 3 is 2.27 bits per heavy atom. The van der Waals surface area contributed by atoms with E-state index in [1.54, 1.807) is 6.92 Å². The minimum atomic E-state index is -0.963. The van der Waals surface area contributed by atoms with E-state index in [1.165, 1.54) is 7.11 Å². The predicted molar refractivity (Wildman–Crippen MR) is 105 cm³/mol. The summed E-state index contributed by atoms with van der Waals surface area (Å²) in [7, 11) is 1.32. The first-order chi connectivity index (χ1) is 14.3. The molecule has 1 saturated heterocycles. The van der Waals surface area contributed by atoms with Gasteiger partial charge in [-0.1, -0.05) is 30.8 Å². The molecular formula is C22H23NO7. The van der Waals surface area contributed by atoms with Crippen molar-refractivity contribution in [2.45, 2.75) is 45.3 Å². The number of benzene rings is 1. The Balaban J connectivity index is 0.000000177. The summed E-state index contributed by atoms with van der Waals surface area (Å²) < 4.78 is 20.0. The number of carbonyl (C=O) groups is 3. The number of methoxy groups -OCH3 is 1. The Kier molecular flexibility index (Phi) is 6.05. The standard InChI is InChI=1S/C13H13NO3.C9H10O4/c1-8-6-4-5-7-10(8)11-12(13(15)16-3)17-9(2)14-11;1-6-7(10)12-9(13-8(6)11)4-2-3-5-9/h4-7H,1-3H3;1-5H2. The van der Waals surface area contributed by atoms with E-state index in [9.17, 15) is 14.4 Å². The lowest BCUT2D eigenvalue weighted by Crippen LogP contribution is -2.44. The monoisotopic (exact) mass is 413 g/mol. The summed E-state index contributed by atoms with van der Waals surface area (Å²) in [5.74, 6) is -2.15. The zero-order valence-electron chi connectivity index (χ0n) is 17.1. The topological polar surface area (TPSA) is 105 Å². The molecule has 2 heterocycles. The number of carbonyl (C=O) groups excluding carboxylic acids is 3. The van der Waals surface area contributed by atoms with Gasteiger partial charge in [0, 0.05) is 25.3 Å². The van der Waals surface area contributed by atoms with Crippen molar-refractivity contribution in [2.24, 2.45) is 0 Å². The molecule has 0 radical (unpaired) electrons. The van der Waals surface area contributed by atoms with Crippen LogP contribution < -0.4 is 0 Å². The number of nitrogens with zero attached hydrogens (tertiary/aromatic N) is 1. The predicted octanol–water partition coefficient (Wildman–Crippen LogP) is 3.66. The number of esters is 3. The number of rotatable bonds is 2. The fourth-order valence-corrected chi connectivity index (χ4v) is 3.36. The number of hydrogen-bond acceptors (Lipinski definition) is 8. The Bertz CT molecular complexity index is 977. The first-order valence-electron chi connectivity index (χ1n) is 9.53. The number of aromatic nitrogens is 1. The quantitative estimate of drug-likeness (QED) is 0.417. The average molecular weight is 413 g/mol. The average Bonchev–Trinajstić information content (AvgIpc) is 3.33. The maximum absolute atomic E-state index is 11.6. The van der Waals surface area contributed by atoms with Gasteiger partial charge in [0.2, 0.25) is 5.76 Å². The fourth-order valence-electron chi connectivity index (χ4n) is 3.36. The molecule has 1 aromatic carbocycles. The van der Waals surface area contributed by atoms with Gasteiger partial charge in [-0.05, 0) is 25.3 Å². The van der Waals surface area contributed by atoms with E-state index in [0.717, 1.165) is 24.0 Å². The molecule has 2 aromatic rings. The molecule has 0 atom stereocenters. The minimum absolute atomic E-state index is 0.152. The van der Waals surface area contributed by atoms with Crippen LogP contribution in [0.3, 0.4) is 0 Å². The Hall–Kier alpha value is -3.42. The summed E-state index contributed by atoms with van der Waals surface area (Å²) in [6, 6.07) is 7.69. The van der Waals surface area contributed by atoms with Gasteiger partial charge in [0.25, 0.3) is 5.79 Å². The van der Waals surface area contributed by atoms with Crippen LogP contribution in [0.5, 0.6) is 0 Å². The smallest absolute Gasteiger partial charge is 0.376 e. The lowest BCUT2D eigenvalue weighted by atomic mass is 10.0. The SMILES string of the molecule is C=C1C(=O)OC2(CCCC2)OC1=O.COC(=O)c1oc(C)nc1-c1ccccc1C. The van der Waals surface area contributed by atoms with Crippen LogP contribution in [0.2, 0.25) is 0 Å².